The minimum atomic E-state index is -0.386. The van der Waals surface area contributed by atoms with Gasteiger partial charge in [0.05, 0.1) is 52.5 Å². The number of halogens is 3. The van der Waals surface area contributed by atoms with E-state index in [-0.39, 0.29) is 17.6 Å². The Morgan fingerprint density at radius 1 is 1.10 bits per heavy atom. The molecule has 1 amide bonds. The van der Waals surface area contributed by atoms with E-state index in [2.05, 4.69) is 15.5 Å². The molecule has 1 N–H and O–H groups in total. The maximum absolute atomic E-state index is 13.3. The first-order valence-corrected chi connectivity index (χ1v) is 10.3. The Bertz CT molecular complexity index is 1110. The molecule has 0 aliphatic heterocycles. The normalized spacial score (nSPS) is 12.3. The van der Waals surface area contributed by atoms with Crippen molar-refractivity contribution in [1.29, 1.82) is 0 Å². The van der Waals surface area contributed by atoms with Gasteiger partial charge in [0.1, 0.15) is 5.82 Å². The Hall–Kier alpha value is -2.38. The van der Waals surface area contributed by atoms with Crippen molar-refractivity contribution >= 4 is 34.8 Å². The largest absolute Gasteiger partial charge is 0.323 e. The van der Waals surface area contributed by atoms with E-state index in [1.54, 1.807) is 15.4 Å². The van der Waals surface area contributed by atoms with Gasteiger partial charge in [0.2, 0.25) is 5.91 Å². The highest BCUT2D eigenvalue weighted by Crippen LogP contribution is 2.25. The van der Waals surface area contributed by atoms with Crippen LogP contribution in [-0.4, -0.2) is 25.5 Å². The van der Waals surface area contributed by atoms with Gasteiger partial charge in [-0.25, -0.2) is 4.39 Å². The topological polar surface area (TPSA) is 64.7 Å². The Morgan fingerprint density at radius 3 is 2.37 bits per heavy atom. The number of aromatic nitrogens is 4. The molecule has 0 aliphatic carbocycles. The number of benzene rings is 1. The van der Waals surface area contributed by atoms with Gasteiger partial charge in [0.25, 0.3) is 0 Å². The molecule has 3 aromatic rings. The van der Waals surface area contributed by atoms with E-state index in [1.165, 1.54) is 12.1 Å². The molecule has 30 heavy (non-hydrogen) atoms. The Balaban J connectivity index is 1.74. The summed E-state index contributed by atoms with van der Waals surface area (Å²) < 4.78 is 16.8. The summed E-state index contributed by atoms with van der Waals surface area (Å²) >= 11 is 12.3. The van der Waals surface area contributed by atoms with Gasteiger partial charge in [-0.1, -0.05) is 36.2 Å². The van der Waals surface area contributed by atoms with E-state index in [0.717, 1.165) is 22.6 Å². The minimum absolute atomic E-state index is 0.135. The van der Waals surface area contributed by atoms with Crippen molar-refractivity contribution in [3.05, 3.63) is 62.4 Å². The summed E-state index contributed by atoms with van der Waals surface area (Å²) in [5.74, 6) is -0.847. The van der Waals surface area contributed by atoms with Gasteiger partial charge < -0.3 is 5.32 Å². The highest BCUT2D eigenvalue weighted by Gasteiger charge is 2.21. The lowest BCUT2D eigenvalue weighted by atomic mass is 10.1. The summed E-state index contributed by atoms with van der Waals surface area (Å²) in [5, 5.41) is 12.8. The maximum atomic E-state index is 13.3. The predicted octanol–water partition coefficient (Wildman–Crippen LogP) is 5.08. The predicted molar refractivity (Wildman–Crippen MR) is 117 cm³/mol. The average Bonchev–Trinajstić information content (AvgIpc) is 3.08. The lowest BCUT2D eigenvalue weighted by molar-refractivity contribution is -0.119. The van der Waals surface area contributed by atoms with Crippen molar-refractivity contribution in [3.63, 3.8) is 0 Å². The van der Waals surface area contributed by atoms with Crippen molar-refractivity contribution in [2.75, 3.05) is 5.32 Å². The number of rotatable bonds is 6. The van der Waals surface area contributed by atoms with Gasteiger partial charge in [-0.15, -0.1) is 0 Å². The third-order valence-electron chi connectivity index (χ3n) is 5.15. The van der Waals surface area contributed by atoms with E-state index in [1.807, 2.05) is 34.6 Å². The fourth-order valence-electron chi connectivity index (χ4n) is 3.28. The number of aryl methyl sites for hydroxylation is 2. The standard InChI is InChI=1S/C21H24Cl2FN5O/c1-11(9-28-14(4)19(23)12(2)26-28)21(30)25-20-13(3)27-29(15(20)5)10-16-6-7-17(24)8-18(16)22/h6-8,11H,9-10H2,1-5H3,(H,25,30). The molecule has 3 rings (SSSR count). The lowest BCUT2D eigenvalue weighted by Crippen LogP contribution is -2.25. The fraction of sp³-hybridized carbons (Fsp3) is 0.381. The van der Waals surface area contributed by atoms with Crippen molar-refractivity contribution in [3.8, 4) is 0 Å². The number of carbonyl (C=O) groups excluding carboxylic acids is 1. The van der Waals surface area contributed by atoms with E-state index in [4.69, 9.17) is 23.2 Å². The maximum Gasteiger partial charge on any atom is 0.229 e. The number of carbonyl (C=O) groups is 1. The van der Waals surface area contributed by atoms with Crippen LogP contribution in [-0.2, 0) is 17.9 Å². The Labute approximate surface area is 185 Å². The van der Waals surface area contributed by atoms with E-state index >= 15 is 0 Å². The highest BCUT2D eigenvalue weighted by atomic mass is 35.5. The monoisotopic (exact) mass is 451 g/mol. The Morgan fingerprint density at radius 2 is 1.77 bits per heavy atom. The zero-order valence-electron chi connectivity index (χ0n) is 17.6. The molecular formula is C21H24Cl2FN5O. The minimum Gasteiger partial charge on any atom is -0.323 e. The van der Waals surface area contributed by atoms with Crippen molar-refractivity contribution in [2.45, 2.75) is 47.7 Å². The van der Waals surface area contributed by atoms with Gasteiger partial charge >= 0.3 is 0 Å². The number of hydrogen-bond donors (Lipinski definition) is 1. The first kappa shape index (κ1) is 22.3. The first-order valence-electron chi connectivity index (χ1n) is 9.56. The summed E-state index contributed by atoms with van der Waals surface area (Å²) in [6.45, 7) is 10.1. The van der Waals surface area contributed by atoms with Crippen molar-refractivity contribution in [1.82, 2.24) is 19.6 Å². The van der Waals surface area contributed by atoms with Crippen LogP contribution in [0, 0.1) is 39.4 Å². The smallest absolute Gasteiger partial charge is 0.229 e. The van der Waals surface area contributed by atoms with Crippen LogP contribution in [0.1, 0.15) is 35.3 Å². The summed E-state index contributed by atoms with van der Waals surface area (Å²) in [5.41, 5.74) is 4.48. The summed E-state index contributed by atoms with van der Waals surface area (Å²) in [7, 11) is 0. The van der Waals surface area contributed by atoms with Gasteiger partial charge in [-0.05, 0) is 45.4 Å². The molecule has 6 nitrogen and oxygen atoms in total. The molecule has 0 fully saturated rings. The quantitative estimate of drug-likeness (QED) is 0.567. The van der Waals surface area contributed by atoms with Gasteiger partial charge in [-0.3, -0.25) is 14.2 Å². The number of anilines is 1. The van der Waals surface area contributed by atoms with Gasteiger partial charge in [-0.2, -0.15) is 10.2 Å². The van der Waals surface area contributed by atoms with Crippen molar-refractivity contribution in [2.24, 2.45) is 5.92 Å². The first-order chi connectivity index (χ1) is 14.1. The van der Waals surface area contributed by atoms with E-state index < -0.39 is 0 Å². The molecule has 0 spiro atoms. The van der Waals surface area contributed by atoms with Crippen LogP contribution in [0.15, 0.2) is 18.2 Å². The van der Waals surface area contributed by atoms with E-state index in [9.17, 15) is 9.18 Å². The molecule has 0 aliphatic rings. The number of hydrogen-bond acceptors (Lipinski definition) is 3. The van der Waals surface area contributed by atoms with Crippen molar-refractivity contribution < 1.29 is 9.18 Å². The molecule has 160 valence electrons. The molecule has 0 saturated carbocycles. The molecule has 1 aromatic carbocycles. The van der Waals surface area contributed by atoms with Gasteiger partial charge in [0.15, 0.2) is 0 Å². The zero-order valence-corrected chi connectivity index (χ0v) is 19.1. The second-order valence-electron chi connectivity index (χ2n) is 7.50. The van der Waals surface area contributed by atoms with Crippen LogP contribution in [0.3, 0.4) is 0 Å². The molecule has 9 heteroatoms. The summed E-state index contributed by atoms with van der Waals surface area (Å²) in [4.78, 5) is 12.8. The van der Waals surface area contributed by atoms with Crippen LogP contribution in [0.5, 0.6) is 0 Å². The molecule has 0 bridgehead atoms. The summed E-state index contributed by atoms with van der Waals surface area (Å²) in [6.07, 6.45) is 0. The molecule has 1 atom stereocenters. The molecule has 0 saturated heterocycles. The second kappa shape index (κ2) is 8.78. The SMILES string of the molecule is Cc1nn(CC(C)C(=O)Nc2c(C)nn(Cc3ccc(F)cc3Cl)c2C)c(C)c1Cl. The Kier molecular flexibility index (Phi) is 6.53. The molecule has 1 unspecified atom stereocenters. The van der Waals surface area contributed by atoms with Crippen LogP contribution < -0.4 is 5.32 Å². The van der Waals surface area contributed by atoms with Crippen LogP contribution in [0.4, 0.5) is 10.1 Å². The fourth-order valence-corrected chi connectivity index (χ4v) is 3.65. The average molecular weight is 452 g/mol. The van der Waals surface area contributed by atoms with Crippen LogP contribution in [0.25, 0.3) is 0 Å². The number of nitrogens with zero attached hydrogens (tertiary/aromatic N) is 4. The van der Waals surface area contributed by atoms with E-state index in [0.29, 0.717) is 34.5 Å². The second-order valence-corrected chi connectivity index (χ2v) is 8.28. The third-order valence-corrected chi connectivity index (χ3v) is 6.05. The zero-order chi connectivity index (χ0) is 22.2. The molecule has 2 aromatic heterocycles. The number of nitrogens with one attached hydrogen (secondary N) is 1. The molecule has 2 heterocycles. The van der Waals surface area contributed by atoms with Crippen LogP contribution in [0.2, 0.25) is 10.0 Å². The van der Waals surface area contributed by atoms with Crippen LogP contribution >= 0.6 is 23.2 Å². The summed E-state index contributed by atoms with van der Waals surface area (Å²) in [6, 6.07) is 4.27. The third kappa shape index (κ3) is 4.52. The number of amides is 1. The lowest BCUT2D eigenvalue weighted by Gasteiger charge is -2.14. The molecular weight excluding hydrogens is 428 g/mol. The highest BCUT2D eigenvalue weighted by molar-refractivity contribution is 6.32. The van der Waals surface area contributed by atoms with Gasteiger partial charge in [0, 0.05) is 5.02 Å². The molecule has 0 radical (unpaired) electrons.